The van der Waals surface area contributed by atoms with E-state index >= 15 is 0 Å². The second kappa shape index (κ2) is 6.86. The zero-order valence-corrected chi connectivity index (χ0v) is 15.3. The van der Waals surface area contributed by atoms with Crippen molar-refractivity contribution in [3.63, 3.8) is 0 Å². The summed E-state index contributed by atoms with van der Waals surface area (Å²) in [5, 5.41) is 4.81. The lowest BCUT2D eigenvalue weighted by Crippen LogP contribution is -2.55. The lowest BCUT2D eigenvalue weighted by molar-refractivity contribution is -0.128. The van der Waals surface area contributed by atoms with Crippen LogP contribution in [0.2, 0.25) is 0 Å². The maximum absolute atomic E-state index is 13.0. The summed E-state index contributed by atoms with van der Waals surface area (Å²) in [6.07, 6.45) is 1.27. The van der Waals surface area contributed by atoms with Gasteiger partial charge in [0.05, 0.1) is 0 Å². The molecule has 2 saturated heterocycles. The summed E-state index contributed by atoms with van der Waals surface area (Å²) in [5.41, 5.74) is -0.253. The minimum absolute atomic E-state index is 0.146. The van der Waals surface area contributed by atoms with Gasteiger partial charge in [0.2, 0.25) is 5.91 Å². The number of amides is 5. The highest BCUT2D eigenvalue weighted by atomic mass is 16.2. The number of piperazine rings is 1. The fraction of sp³-hybridized carbons (Fsp3) is 0.368. The van der Waals surface area contributed by atoms with Crippen LogP contribution in [-0.4, -0.2) is 59.2 Å². The molecular formula is C19H22N4O4. The molecule has 8 nitrogen and oxygen atoms in total. The molecule has 0 aliphatic carbocycles. The molecule has 2 heterocycles. The second-order valence-electron chi connectivity index (χ2n) is 6.95. The van der Waals surface area contributed by atoms with Crippen LogP contribution in [0.15, 0.2) is 36.9 Å². The van der Waals surface area contributed by atoms with E-state index in [-0.39, 0.29) is 17.9 Å². The maximum atomic E-state index is 13.0. The van der Waals surface area contributed by atoms with Gasteiger partial charge in [-0.25, -0.2) is 4.79 Å². The number of benzene rings is 1. The summed E-state index contributed by atoms with van der Waals surface area (Å²) in [5.74, 6) is -0.780. The van der Waals surface area contributed by atoms with Gasteiger partial charge in [-0.2, -0.15) is 0 Å². The Kier molecular flexibility index (Phi) is 4.73. The van der Waals surface area contributed by atoms with Crippen LogP contribution in [0.25, 0.3) is 0 Å². The molecule has 2 atom stereocenters. The Morgan fingerprint density at radius 1 is 1.30 bits per heavy atom. The molecule has 2 N–H and O–H groups in total. The van der Waals surface area contributed by atoms with E-state index in [9.17, 15) is 19.2 Å². The summed E-state index contributed by atoms with van der Waals surface area (Å²) in [6.45, 7) is 8.27. The third-order valence-corrected chi connectivity index (χ3v) is 5.11. The monoisotopic (exact) mass is 370 g/mol. The Morgan fingerprint density at radius 3 is 2.63 bits per heavy atom. The average molecular weight is 370 g/mol. The van der Waals surface area contributed by atoms with Gasteiger partial charge in [0.1, 0.15) is 5.54 Å². The van der Waals surface area contributed by atoms with E-state index in [1.165, 1.54) is 6.08 Å². The molecule has 0 saturated carbocycles. The summed E-state index contributed by atoms with van der Waals surface area (Å²) in [6, 6.07) is 5.99. The van der Waals surface area contributed by atoms with Crippen LogP contribution in [0.1, 0.15) is 29.8 Å². The Balaban J connectivity index is 1.80. The standard InChI is InChI=1S/C19H22N4O4/c1-4-15(24)22-8-9-23(12(2)11-22)16(25)13-6-5-7-14(10-13)19(3)17(26)20-18(27)21-19/h4-7,10,12H,1,8-9,11H2,2-3H3,(H2,20,21,26,27)/t12-,19?/m0/s1. The molecule has 0 spiro atoms. The van der Waals surface area contributed by atoms with Gasteiger partial charge in [-0.3, -0.25) is 19.7 Å². The molecule has 8 heteroatoms. The van der Waals surface area contributed by atoms with Crippen LogP contribution in [0.5, 0.6) is 0 Å². The summed E-state index contributed by atoms with van der Waals surface area (Å²) in [4.78, 5) is 51.8. The van der Waals surface area contributed by atoms with Crippen molar-refractivity contribution < 1.29 is 19.2 Å². The quantitative estimate of drug-likeness (QED) is 0.601. The molecule has 1 unspecified atom stereocenters. The van der Waals surface area contributed by atoms with Crippen LogP contribution >= 0.6 is 0 Å². The molecule has 2 aliphatic heterocycles. The summed E-state index contributed by atoms with van der Waals surface area (Å²) < 4.78 is 0. The van der Waals surface area contributed by atoms with E-state index in [1.54, 1.807) is 41.0 Å². The van der Waals surface area contributed by atoms with Crippen LogP contribution in [0.3, 0.4) is 0 Å². The molecule has 27 heavy (non-hydrogen) atoms. The molecule has 1 aromatic carbocycles. The first-order chi connectivity index (χ1) is 12.8. The molecule has 0 aromatic heterocycles. The fourth-order valence-electron chi connectivity index (χ4n) is 3.46. The zero-order valence-electron chi connectivity index (χ0n) is 15.3. The number of carbonyl (C=O) groups excluding carboxylic acids is 4. The number of imide groups is 1. The number of urea groups is 1. The van der Waals surface area contributed by atoms with E-state index < -0.39 is 17.5 Å². The second-order valence-corrected chi connectivity index (χ2v) is 6.95. The smallest absolute Gasteiger partial charge is 0.322 e. The van der Waals surface area contributed by atoms with Crippen molar-refractivity contribution >= 4 is 23.8 Å². The maximum Gasteiger partial charge on any atom is 0.322 e. The van der Waals surface area contributed by atoms with Crippen LogP contribution in [-0.2, 0) is 15.1 Å². The minimum Gasteiger partial charge on any atom is -0.335 e. The molecule has 2 aliphatic rings. The number of hydrogen-bond acceptors (Lipinski definition) is 4. The van der Waals surface area contributed by atoms with E-state index in [4.69, 9.17) is 0 Å². The van der Waals surface area contributed by atoms with Crippen molar-refractivity contribution in [2.75, 3.05) is 19.6 Å². The SMILES string of the molecule is C=CC(=O)N1CCN(C(=O)c2cccc(C3(C)NC(=O)NC3=O)c2)[C@@H](C)C1. The zero-order chi connectivity index (χ0) is 19.8. The number of nitrogens with zero attached hydrogens (tertiary/aromatic N) is 2. The highest BCUT2D eigenvalue weighted by Crippen LogP contribution is 2.26. The topological polar surface area (TPSA) is 98.8 Å². The van der Waals surface area contributed by atoms with Gasteiger partial charge < -0.3 is 15.1 Å². The largest absolute Gasteiger partial charge is 0.335 e. The van der Waals surface area contributed by atoms with Crippen molar-refractivity contribution in [2.45, 2.75) is 25.4 Å². The number of nitrogens with one attached hydrogen (secondary N) is 2. The van der Waals surface area contributed by atoms with Gasteiger partial charge in [0.15, 0.2) is 0 Å². The van der Waals surface area contributed by atoms with E-state index in [0.717, 1.165) is 0 Å². The first-order valence-corrected chi connectivity index (χ1v) is 8.72. The summed E-state index contributed by atoms with van der Waals surface area (Å²) in [7, 11) is 0. The van der Waals surface area contributed by atoms with Gasteiger partial charge in [0, 0.05) is 31.2 Å². The molecule has 5 amide bonds. The van der Waals surface area contributed by atoms with E-state index in [2.05, 4.69) is 17.2 Å². The third kappa shape index (κ3) is 3.30. The third-order valence-electron chi connectivity index (χ3n) is 5.11. The normalized spacial score (nSPS) is 25.0. The van der Waals surface area contributed by atoms with Crippen LogP contribution in [0.4, 0.5) is 4.79 Å². The first-order valence-electron chi connectivity index (χ1n) is 8.72. The van der Waals surface area contributed by atoms with Crippen molar-refractivity contribution in [2.24, 2.45) is 0 Å². The predicted octanol–water partition coefficient (Wildman–Crippen LogP) is 0.600. The highest BCUT2D eigenvalue weighted by molar-refractivity contribution is 6.07. The molecule has 3 rings (SSSR count). The fourth-order valence-corrected chi connectivity index (χ4v) is 3.46. The summed E-state index contributed by atoms with van der Waals surface area (Å²) >= 11 is 0. The highest BCUT2D eigenvalue weighted by Gasteiger charge is 2.43. The van der Waals surface area contributed by atoms with Gasteiger partial charge in [0.25, 0.3) is 11.8 Å². The Morgan fingerprint density at radius 2 is 2.04 bits per heavy atom. The minimum atomic E-state index is -1.21. The lowest BCUT2D eigenvalue weighted by atomic mass is 9.90. The average Bonchev–Trinajstić information content (AvgIpc) is 2.93. The van der Waals surface area contributed by atoms with Crippen LogP contribution < -0.4 is 10.6 Å². The predicted molar refractivity (Wildman–Crippen MR) is 97.7 cm³/mol. The van der Waals surface area contributed by atoms with Crippen molar-refractivity contribution in [1.82, 2.24) is 20.4 Å². The van der Waals surface area contributed by atoms with Crippen LogP contribution in [0, 0.1) is 0 Å². The number of rotatable bonds is 3. The molecule has 0 radical (unpaired) electrons. The Bertz CT molecular complexity index is 837. The molecule has 1 aromatic rings. The molecule has 0 bridgehead atoms. The molecular weight excluding hydrogens is 348 g/mol. The molecule has 142 valence electrons. The number of hydrogen-bond donors (Lipinski definition) is 2. The lowest BCUT2D eigenvalue weighted by Gasteiger charge is -2.39. The van der Waals surface area contributed by atoms with Crippen molar-refractivity contribution in [3.8, 4) is 0 Å². The first kappa shape index (κ1) is 18.6. The van der Waals surface area contributed by atoms with E-state index in [0.29, 0.717) is 30.8 Å². The molecule has 2 fully saturated rings. The Hall–Kier alpha value is -3.16. The van der Waals surface area contributed by atoms with Crippen molar-refractivity contribution in [1.29, 1.82) is 0 Å². The van der Waals surface area contributed by atoms with Crippen molar-refractivity contribution in [3.05, 3.63) is 48.0 Å². The number of carbonyl (C=O) groups is 4. The van der Waals surface area contributed by atoms with Gasteiger partial charge >= 0.3 is 6.03 Å². The van der Waals surface area contributed by atoms with E-state index in [1.807, 2.05) is 6.92 Å². The Labute approximate surface area is 157 Å². The van der Waals surface area contributed by atoms with Gasteiger partial charge in [-0.15, -0.1) is 0 Å². The van der Waals surface area contributed by atoms with Gasteiger partial charge in [-0.1, -0.05) is 18.7 Å². The van der Waals surface area contributed by atoms with Gasteiger partial charge in [-0.05, 0) is 37.6 Å².